The van der Waals surface area contributed by atoms with E-state index in [1.54, 1.807) is 0 Å². The van der Waals surface area contributed by atoms with Gasteiger partial charge in [0.05, 0.1) is 18.9 Å². The Labute approximate surface area is 172 Å². The topological polar surface area (TPSA) is 68.6 Å². The first kappa shape index (κ1) is 19.8. The number of benzene rings is 1. The van der Waals surface area contributed by atoms with Gasteiger partial charge in [-0.1, -0.05) is 0 Å². The summed E-state index contributed by atoms with van der Waals surface area (Å²) >= 11 is 0. The van der Waals surface area contributed by atoms with Gasteiger partial charge in [-0.25, -0.2) is 0 Å². The summed E-state index contributed by atoms with van der Waals surface area (Å²) in [6.07, 6.45) is 6.96. The number of nitrogens with one attached hydrogen (secondary N) is 1. The van der Waals surface area contributed by atoms with Crippen molar-refractivity contribution in [3.05, 3.63) is 30.0 Å². The zero-order valence-electron chi connectivity index (χ0n) is 17.2. The summed E-state index contributed by atoms with van der Waals surface area (Å²) in [7, 11) is 1.93. The molecule has 2 aliphatic rings. The molecule has 0 spiro atoms. The van der Waals surface area contributed by atoms with Gasteiger partial charge in [-0.2, -0.15) is 5.10 Å². The van der Waals surface area contributed by atoms with E-state index >= 15 is 0 Å². The number of nitrogens with zero attached hydrogens (tertiary/aromatic N) is 3. The van der Waals surface area contributed by atoms with Crippen molar-refractivity contribution >= 4 is 5.91 Å². The highest BCUT2D eigenvalue weighted by atomic mass is 16.5. The molecular formula is C22H30N4O3. The van der Waals surface area contributed by atoms with Gasteiger partial charge in [0.2, 0.25) is 5.91 Å². The lowest BCUT2D eigenvalue weighted by molar-refractivity contribution is -0.131. The summed E-state index contributed by atoms with van der Waals surface area (Å²) in [5.74, 6) is 1.82. The lowest BCUT2D eigenvalue weighted by Gasteiger charge is -2.26. The molecule has 4 rings (SSSR count). The molecule has 156 valence electrons. The molecule has 2 aliphatic heterocycles. The van der Waals surface area contributed by atoms with Crippen molar-refractivity contribution in [1.29, 1.82) is 0 Å². The number of ether oxygens (including phenoxy) is 2. The number of piperidine rings is 1. The van der Waals surface area contributed by atoms with Gasteiger partial charge in [0, 0.05) is 63.4 Å². The van der Waals surface area contributed by atoms with Crippen LogP contribution in [0.2, 0.25) is 0 Å². The average Bonchev–Trinajstić information content (AvgIpc) is 2.96. The first-order chi connectivity index (χ1) is 14.2. The van der Waals surface area contributed by atoms with Gasteiger partial charge in [-0.3, -0.25) is 9.48 Å². The Morgan fingerprint density at radius 2 is 1.90 bits per heavy atom. The normalized spacial score (nSPS) is 16.5. The number of aryl methyl sites for hydroxylation is 1. The van der Waals surface area contributed by atoms with Crippen molar-refractivity contribution < 1.29 is 14.3 Å². The van der Waals surface area contributed by atoms with Crippen molar-refractivity contribution in [3.63, 3.8) is 0 Å². The van der Waals surface area contributed by atoms with E-state index in [1.165, 1.54) is 6.42 Å². The molecule has 1 amide bonds. The van der Waals surface area contributed by atoms with Crippen LogP contribution in [0.5, 0.6) is 11.5 Å². The van der Waals surface area contributed by atoms with Crippen LogP contribution in [0.15, 0.2) is 24.4 Å². The monoisotopic (exact) mass is 398 g/mol. The highest BCUT2D eigenvalue weighted by Gasteiger charge is 2.17. The molecule has 1 N–H and O–H groups in total. The Morgan fingerprint density at radius 3 is 2.72 bits per heavy atom. The molecule has 0 saturated carbocycles. The molecule has 0 unspecified atom stereocenters. The highest BCUT2D eigenvalue weighted by molar-refractivity contribution is 5.76. The standard InChI is InChI=1S/C22H30N4O3/c1-25-16-18(15-23-9-8-21(27)26-10-3-2-4-11-26)22(24-25)17-6-7-19-20(14-17)29-13-5-12-28-19/h6-7,14,16,23H,2-5,8-13,15H2,1H3. The van der Waals surface area contributed by atoms with Crippen LogP contribution in [-0.4, -0.2) is 53.4 Å². The second-order valence-electron chi connectivity index (χ2n) is 7.76. The molecule has 3 heterocycles. The molecule has 1 saturated heterocycles. The van der Waals surface area contributed by atoms with Gasteiger partial charge in [0.1, 0.15) is 0 Å². The lowest BCUT2D eigenvalue weighted by atomic mass is 10.1. The summed E-state index contributed by atoms with van der Waals surface area (Å²) in [6, 6.07) is 5.99. The number of hydrogen-bond acceptors (Lipinski definition) is 5. The SMILES string of the molecule is Cn1cc(CNCCC(=O)N2CCCCC2)c(-c2ccc3c(c2)OCCCO3)n1. The number of likely N-dealkylation sites (tertiary alicyclic amines) is 1. The number of carbonyl (C=O) groups excluding carboxylic acids is 1. The van der Waals surface area contributed by atoms with Crippen molar-refractivity contribution in [3.8, 4) is 22.8 Å². The van der Waals surface area contributed by atoms with E-state index in [2.05, 4.69) is 10.4 Å². The molecule has 0 radical (unpaired) electrons. The molecule has 7 nitrogen and oxygen atoms in total. The zero-order valence-corrected chi connectivity index (χ0v) is 17.2. The average molecular weight is 399 g/mol. The van der Waals surface area contributed by atoms with Crippen LogP contribution in [0.3, 0.4) is 0 Å². The molecule has 1 aromatic carbocycles. The minimum absolute atomic E-state index is 0.256. The number of carbonyl (C=O) groups is 1. The first-order valence-electron chi connectivity index (χ1n) is 10.6. The Morgan fingerprint density at radius 1 is 1.10 bits per heavy atom. The third-order valence-corrected chi connectivity index (χ3v) is 5.47. The summed E-state index contributed by atoms with van der Waals surface area (Å²) in [6.45, 7) is 4.51. The van der Waals surface area contributed by atoms with E-state index in [1.807, 2.05) is 41.0 Å². The van der Waals surface area contributed by atoms with E-state index in [-0.39, 0.29) is 5.91 Å². The quantitative estimate of drug-likeness (QED) is 0.758. The minimum Gasteiger partial charge on any atom is -0.490 e. The summed E-state index contributed by atoms with van der Waals surface area (Å²) in [4.78, 5) is 14.3. The Bertz CT molecular complexity index is 843. The Balaban J connectivity index is 1.37. The molecule has 1 aromatic heterocycles. The van der Waals surface area contributed by atoms with Crippen molar-refractivity contribution in [2.75, 3.05) is 32.8 Å². The third kappa shape index (κ3) is 4.90. The minimum atomic E-state index is 0.256. The van der Waals surface area contributed by atoms with Crippen LogP contribution in [0, 0.1) is 0 Å². The van der Waals surface area contributed by atoms with E-state index in [4.69, 9.17) is 9.47 Å². The first-order valence-corrected chi connectivity index (χ1v) is 10.6. The lowest BCUT2D eigenvalue weighted by Crippen LogP contribution is -2.37. The fourth-order valence-corrected chi connectivity index (χ4v) is 3.94. The van der Waals surface area contributed by atoms with Crippen molar-refractivity contribution in [2.45, 2.75) is 38.6 Å². The maximum absolute atomic E-state index is 12.3. The molecule has 2 aromatic rings. The van der Waals surface area contributed by atoms with Gasteiger partial charge in [-0.05, 0) is 37.5 Å². The smallest absolute Gasteiger partial charge is 0.223 e. The maximum atomic E-state index is 12.3. The molecule has 7 heteroatoms. The predicted molar refractivity (Wildman–Crippen MR) is 111 cm³/mol. The van der Waals surface area contributed by atoms with Gasteiger partial charge in [0.15, 0.2) is 11.5 Å². The molecule has 0 atom stereocenters. The number of aromatic nitrogens is 2. The van der Waals surface area contributed by atoms with E-state index in [0.717, 1.165) is 60.7 Å². The fraction of sp³-hybridized carbons (Fsp3) is 0.545. The van der Waals surface area contributed by atoms with Crippen LogP contribution < -0.4 is 14.8 Å². The van der Waals surface area contributed by atoms with E-state index in [9.17, 15) is 4.79 Å². The Kier molecular flexibility index (Phi) is 6.34. The van der Waals surface area contributed by atoms with Crippen LogP contribution in [-0.2, 0) is 18.4 Å². The number of amides is 1. The largest absolute Gasteiger partial charge is 0.490 e. The van der Waals surface area contributed by atoms with E-state index in [0.29, 0.717) is 32.7 Å². The van der Waals surface area contributed by atoms with Crippen LogP contribution in [0.4, 0.5) is 0 Å². The summed E-state index contributed by atoms with van der Waals surface area (Å²) < 4.78 is 13.4. The molecule has 0 bridgehead atoms. The third-order valence-electron chi connectivity index (χ3n) is 5.47. The fourth-order valence-electron chi connectivity index (χ4n) is 3.94. The molecular weight excluding hydrogens is 368 g/mol. The zero-order chi connectivity index (χ0) is 20.1. The van der Waals surface area contributed by atoms with Crippen molar-refractivity contribution in [2.24, 2.45) is 7.05 Å². The summed E-state index contributed by atoms with van der Waals surface area (Å²) in [5.41, 5.74) is 3.04. The molecule has 1 fully saturated rings. The highest BCUT2D eigenvalue weighted by Crippen LogP contribution is 2.34. The van der Waals surface area contributed by atoms with Crippen molar-refractivity contribution in [1.82, 2.24) is 20.0 Å². The van der Waals surface area contributed by atoms with Crippen LogP contribution in [0.1, 0.15) is 37.7 Å². The van der Waals surface area contributed by atoms with E-state index < -0.39 is 0 Å². The predicted octanol–water partition coefficient (Wildman–Crippen LogP) is 2.74. The van der Waals surface area contributed by atoms with Crippen LogP contribution >= 0.6 is 0 Å². The second-order valence-corrected chi connectivity index (χ2v) is 7.76. The number of rotatable bonds is 6. The summed E-state index contributed by atoms with van der Waals surface area (Å²) in [5, 5.41) is 8.06. The molecule has 29 heavy (non-hydrogen) atoms. The number of fused-ring (bicyclic) bond motifs is 1. The van der Waals surface area contributed by atoms with Gasteiger partial charge < -0.3 is 19.7 Å². The van der Waals surface area contributed by atoms with Gasteiger partial charge in [0.25, 0.3) is 0 Å². The maximum Gasteiger partial charge on any atom is 0.223 e. The Hall–Kier alpha value is -2.54. The second kappa shape index (κ2) is 9.31. The van der Waals surface area contributed by atoms with Crippen LogP contribution in [0.25, 0.3) is 11.3 Å². The number of hydrogen-bond donors (Lipinski definition) is 1. The van der Waals surface area contributed by atoms with Gasteiger partial charge in [-0.15, -0.1) is 0 Å². The molecule has 0 aliphatic carbocycles. The van der Waals surface area contributed by atoms with Gasteiger partial charge >= 0.3 is 0 Å².